The third-order valence-electron chi connectivity index (χ3n) is 5.72. The van der Waals surface area contributed by atoms with E-state index in [9.17, 15) is 9.59 Å². The molecule has 0 spiro atoms. The minimum absolute atomic E-state index is 0.0137. The van der Waals surface area contributed by atoms with Gasteiger partial charge < -0.3 is 21.1 Å². The molecular weight excluding hydrogens is 408 g/mol. The largest absolute Gasteiger partial charge is 0.467 e. The SMILES string of the molecule is CC[C@H](C)[C@@H](CN1CCC[C@H]1C(=O)N[C@@H](CCSC)C(=O)OC)NC[C@@H](N)CS. The summed E-state index contributed by atoms with van der Waals surface area (Å²) < 4.78 is 4.87. The fraction of sp³-hybridized carbons (Fsp3) is 0.900. The van der Waals surface area contributed by atoms with Crippen LogP contribution >= 0.6 is 24.4 Å². The van der Waals surface area contributed by atoms with Crippen LogP contribution in [0.4, 0.5) is 0 Å². The van der Waals surface area contributed by atoms with Gasteiger partial charge in [0.15, 0.2) is 0 Å². The van der Waals surface area contributed by atoms with Crippen LogP contribution in [-0.4, -0.2) is 85.4 Å². The first-order chi connectivity index (χ1) is 13.9. The van der Waals surface area contributed by atoms with Crippen LogP contribution in [0.5, 0.6) is 0 Å². The third kappa shape index (κ3) is 9.04. The summed E-state index contributed by atoms with van der Waals surface area (Å²) in [6.45, 7) is 6.80. The number of methoxy groups -OCH3 is 1. The number of ether oxygens (including phenoxy) is 1. The Hall–Kier alpha value is -0.480. The van der Waals surface area contributed by atoms with Gasteiger partial charge in [-0.2, -0.15) is 24.4 Å². The Morgan fingerprint density at radius 1 is 1.41 bits per heavy atom. The minimum atomic E-state index is -0.584. The van der Waals surface area contributed by atoms with Crippen LogP contribution in [0.15, 0.2) is 0 Å². The van der Waals surface area contributed by atoms with E-state index < -0.39 is 6.04 Å². The number of esters is 1. The third-order valence-corrected chi connectivity index (χ3v) is 6.83. The Morgan fingerprint density at radius 3 is 2.72 bits per heavy atom. The van der Waals surface area contributed by atoms with Gasteiger partial charge in [-0.1, -0.05) is 20.3 Å². The molecule has 9 heteroatoms. The topological polar surface area (TPSA) is 96.7 Å². The molecule has 4 N–H and O–H groups in total. The lowest BCUT2D eigenvalue weighted by molar-refractivity contribution is -0.145. The number of thiol groups is 1. The fourth-order valence-corrected chi connectivity index (χ4v) is 4.19. The lowest BCUT2D eigenvalue weighted by Crippen LogP contribution is -2.54. The summed E-state index contributed by atoms with van der Waals surface area (Å²) in [5, 5.41) is 6.51. The minimum Gasteiger partial charge on any atom is -0.467 e. The smallest absolute Gasteiger partial charge is 0.328 e. The molecule has 1 rings (SSSR count). The molecule has 1 amide bonds. The summed E-state index contributed by atoms with van der Waals surface area (Å²) in [7, 11) is 1.36. The number of thioether (sulfide) groups is 1. The normalized spacial score (nSPS) is 21.4. The second-order valence-electron chi connectivity index (χ2n) is 7.86. The van der Waals surface area contributed by atoms with Crippen LogP contribution < -0.4 is 16.4 Å². The van der Waals surface area contributed by atoms with Crippen molar-refractivity contribution in [2.45, 2.75) is 63.7 Å². The highest BCUT2D eigenvalue weighted by Gasteiger charge is 2.35. The Bertz CT molecular complexity index is 498. The number of likely N-dealkylation sites (tertiary alicyclic amines) is 1. The maximum atomic E-state index is 13.0. The Kier molecular flexibility index (Phi) is 13.3. The molecule has 1 saturated heterocycles. The van der Waals surface area contributed by atoms with Crippen molar-refractivity contribution in [2.75, 3.05) is 44.5 Å². The molecule has 7 nitrogen and oxygen atoms in total. The van der Waals surface area contributed by atoms with E-state index in [-0.39, 0.29) is 30.0 Å². The van der Waals surface area contributed by atoms with Crippen molar-refractivity contribution < 1.29 is 14.3 Å². The average Bonchev–Trinajstić information content (AvgIpc) is 3.20. The summed E-state index contributed by atoms with van der Waals surface area (Å²) in [6, 6.07) is -0.519. The van der Waals surface area contributed by atoms with Crippen molar-refractivity contribution in [3.63, 3.8) is 0 Å². The zero-order valence-corrected chi connectivity index (χ0v) is 20.1. The molecule has 5 atom stereocenters. The van der Waals surface area contributed by atoms with E-state index >= 15 is 0 Å². The van der Waals surface area contributed by atoms with Crippen LogP contribution in [0.2, 0.25) is 0 Å². The van der Waals surface area contributed by atoms with E-state index in [2.05, 4.69) is 42.0 Å². The molecule has 1 heterocycles. The molecule has 0 radical (unpaired) electrons. The second kappa shape index (κ2) is 14.5. The van der Waals surface area contributed by atoms with Gasteiger partial charge in [0.05, 0.1) is 13.2 Å². The van der Waals surface area contributed by atoms with Crippen molar-refractivity contribution in [3.05, 3.63) is 0 Å². The molecule has 1 aliphatic heterocycles. The van der Waals surface area contributed by atoms with Crippen molar-refractivity contribution in [3.8, 4) is 0 Å². The molecule has 1 fully saturated rings. The highest BCUT2D eigenvalue weighted by Crippen LogP contribution is 2.20. The van der Waals surface area contributed by atoms with E-state index in [4.69, 9.17) is 10.5 Å². The maximum absolute atomic E-state index is 13.0. The van der Waals surface area contributed by atoms with Crippen LogP contribution in [0.3, 0.4) is 0 Å². The van der Waals surface area contributed by atoms with E-state index in [0.717, 1.165) is 38.1 Å². The number of carbonyl (C=O) groups is 2. The van der Waals surface area contributed by atoms with Crippen molar-refractivity contribution >= 4 is 36.3 Å². The van der Waals surface area contributed by atoms with Gasteiger partial charge >= 0.3 is 5.97 Å². The summed E-state index contributed by atoms with van der Waals surface area (Å²) in [5.74, 6) is 1.45. The van der Waals surface area contributed by atoms with Gasteiger partial charge in [-0.15, -0.1) is 0 Å². The molecule has 29 heavy (non-hydrogen) atoms. The predicted molar refractivity (Wildman–Crippen MR) is 125 cm³/mol. The summed E-state index contributed by atoms with van der Waals surface area (Å²) in [6.07, 6.45) is 5.40. The van der Waals surface area contributed by atoms with Crippen LogP contribution in [-0.2, 0) is 14.3 Å². The van der Waals surface area contributed by atoms with Crippen LogP contribution in [0.1, 0.15) is 39.5 Å². The molecule has 0 aromatic rings. The first kappa shape index (κ1) is 26.6. The number of rotatable bonds is 14. The highest BCUT2D eigenvalue weighted by atomic mass is 32.2. The van der Waals surface area contributed by atoms with Crippen molar-refractivity contribution in [2.24, 2.45) is 11.7 Å². The first-order valence-corrected chi connectivity index (χ1v) is 12.6. The number of hydrogen-bond donors (Lipinski definition) is 4. The average molecular weight is 449 g/mol. The monoisotopic (exact) mass is 448 g/mol. The lowest BCUT2D eigenvalue weighted by atomic mass is 9.98. The summed E-state index contributed by atoms with van der Waals surface area (Å²) in [4.78, 5) is 27.3. The first-order valence-electron chi connectivity index (χ1n) is 10.6. The van der Waals surface area contributed by atoms with Crippen LogP contribution in [0.25, 0.3) is 0 Å². The quantitative estimate of drug-likeness (QED) is 0.234. The van der Waals surface area contributed by atoms with Crippen molar-refractivity contribution in [1.82, 2.24) is 15.5 Å². The molecule has 0 saturated carbocycles. The molecular formula is C20H40N4O3S2. The number of nitrogens with two attached hydrogens (primary N) is 1. The molecule has 170 valence electrons. The van der Waals surface area contributed by atoms with Gasteiger partial charge in [-0.3, -0.25) is 9.69 Å². The molecule has 0 aromatic carbocycles. The van der Waals surface area contributed by atoms with Gasteiger partial charge in [0.2, 0.25) is 5.91 Å². The molecule has 0 unspecified atom stereocenters. The van der Waals surface area contributed by atoms with Gasteiger partial charge in [0.1, 0.15) is 6.04 Å². The molecule has 0 aromatic heterocycles. The van der Waals surface area contributed by atoms with Crippen molar-refractivity contribution in [1.29, 1.82) is 0 Å². The molecule has 1 aliphatic rings. The summed E-state index contributed by atoms with van der Waals surface area (Å²) >= 11 is 5.91. The Balaban J connectivity index is 2.74. The van der Waals surface area contributed by atoms with Gasteiger partial charge in [-0.25, -0.2) is 4.79 Å². The number of carbonyl (C=O) groups excluding carboxylic acids is 2. The Morgan fingerprint density at radius 2 is 2.14 bits per heavy atom. The number of nitrogens with zero attached hydrogens (tertiary/aromatic N) is 1. The van der Waals surface area contributed by atoms with Gasteiger partial charge in [0.25, 0.3) is 0 Å². The van der Waals surface area contributed by atoms with E-state index in [1.54, 1.807) is 11.8 Å². The van der Waals surface area contributed by atoms with Gasteiger partial charge in [0, 0.05) is 30.9 Å². The lowest BCUT2D eigenvalue weighted by Gasteiger charge is -2.33. The van der Waals surface area contributed by atoms with E-state index in [1.165, 1.54) is 7.11 Å². The van der Waals surface area contributed by atoms with E-state index in [1.807, 2.05) is 6.26 Å². The number of amides is 1. The number of nitrogens with one attached hydrogen (secondary N) is 2. The van der Waals surface area contributed by atoms with Crippen LogP contribution in [0, 0.1) is 5.92 Å². The van der Waals surface area contributed by atoms with Gasteiger partial charge in [-0.05, 0) is 43.7 Å². The number of hydrogen-bond acceptors (Lipinski definition) is 8. The highest BCUT2D eigenvalue weighted by molar-refractivity contribution is 7.98. The standard InChI is InChI=1S/C20H40N4O3S2/c1-5-14(2)17(22-11-15(21)13-28)12-24-9-6-7-18(24)19(25)23-16(8-10-29-4)20(26)27-3/h14-18,22,28H,5-13,21H2,1-4H3,(H,23,25)/t14-,15+,16-,17+,18-/m0/s1. The van der Waals surface area contributed by atoms with E-state index in [0.29, 0.717) is 24.6 Å². The zero-order valence-electron chi connectivity index (χ0n) is 18.4. The fourth-order valence-electron chi connectivity index (χ4n) is 3.59. The second-order valence-corrected chi connectivity index (χ2v) is 9.21. The summed E-state index contributed by atoms with van der Waals surface area (Å²) in [5.41, 5.74) is 6.02. The Labute approximate surface area is 186 Å². The molecule has 0 aliphatic carbocycles. The maximum Gasteiger partial charge on any atom is 0.328 e. The molecule has 0 bridgehead atoms. The zero-order chi connectivity index (χ0) is 21.8. The predicted octanol–water partition coefficient (Wildman–Crippen LogP) is 1.12.